The molecule has 2 N–H and O–H groups in total. The average molecular weight is 194 g/mol. The van der Waals surface area contributed by atoms with E-state index in [4.69, 9.17) is 10.3 Å². The summed E-state index contributed by atoms with van der Waals surface area (Å²) in [6.07, 6.45) is 2.89. The Kier molecular flexibility index (Phi) is 2.14. The molecule has 3 nitrogen and oxygen atoms in total. The van der Waals surface area contributed by atoms with Crippen LogP contribution in [0, 0.1) is 5.41 Å². The molecule has 0 amide bonds. The molecular weight excluding hydrogens is 176 g/mol. The fourth-order valence-corrected chi connectivity index (χ4v) is 2.38. The Morgan fingerprint density at radius 2 is 2.29 bits per heavy atom. The number of fused-ring (bicyclic) bond motifs is 1. The zero-order chi connectivity index (χ0) is 10.3. The van der Waals surface area contributed by atoms with E-state index in [1.165, 1.54) is 5.56 Å². The zero-order valence-electron chi connectivity index (χ0n) is 9.13. The minimum Gasteiger partial charge on any atom is -0.361 e. The molecule has 0 radical (unpaired) electrons. The molecule has 0 spiro atoms. The van der Waals surface area contributed by atoms with Crippen LogP contribution in [0.5, 0.6) is 0 Å². The second kappa shape index (κ2) is 3.09. The van der Waals surface area contributed by atoms with Crippen LogP contribution in [0.4, 0.5) is 0 Å². The van der Waals surface area contributed by atoms with Gasteiger partial charge < -0.3 is 10.3 Å². The van der Waals surface area contributed by atoms with Gasteiger partial charge in [-0.15, -0.1) is 0 Å². The molecule has 1 aliphatic carbocycles. The third kappa shape index (κ3) is 1.46. The van der Waals surface area contributed by atoms with Gasteiger partial charge in [0.15, 0.2) is 0 Å². The van der Waals surface area contributed by atoms with Gasteiger partial charge in [0.2, 0.25) is 0 Å². The first kappa shape index (κ1) is 9.71. The Bertz CT molecular complexity index is 341. The van der Waals surface area contributed by atoms with Gasteiger partial charge in [-0.05, 0) is 18.3 Å². The summed E-state index contributed by atoms with van der Waals surface area (Å²) < 4.78 is 5.35. The van der Waals surface area contributed by atoms with Crippen molar-refractivity contribution in [2.24, 2.45) is 11.1 Å². The van der Waals surface area contributed by atoms with Gasteiger partial charge in [-0.2, -0.15) is 0 Å². The summed E-state index contributed by atoms with van der Waals surface area (Å²) in [5.41, 5.74) is 8.61. The van der Waals surface area contributed by atoms with Crippen LogP contribution in [0.15, 0.2) is 4.52 Å². The van der Waals surface area contributed by atoms with Crippen LogP contribution >= 0.6 is 0 Å². The third-order valence-corrected chi connectivity index (χ3v) is 2.99. The molecule has 3 heteroatoms. The minimum atomic E-state index is 0.106. The van der Waals surface area contributed by atoms with Crippen LogP contribution in [-0.2, 0) is 12.8 Å². The number of nitrogens with zero attached hydrogens (tertiary/aromatic N) is 1. The molecule has 1 aromatic rings. The van der Waals surface area contributed by atoms with Gasteiger partial charge in [0.25, 0.3) is 0 Å². The molecule has 0 saturated carbocycles. The highest BCUT2D eigenvalue weighted by Gasteiger charge is 2.35. The molecule has 1 atom stereocenters. The lowest BCUT2D eigenvalue weighted by Gasteiger charge is -2.32. The maximum Gasteiger partial charge on any atom is 0.142 e. The van der Waals surface area contributed by atoms with Crippen molar-refractivity contribution in [3.8, 4) is 0 Å². The summed E-state index contributed by atoms with van der Waals surface area (Å²) in [6.45, 7) is 6.54. The van der Waals surface area contributed by atoms with Crippen molar-refractivity contribution < 1.29 is 4.52 Å². The van der Waals surface area contributed by atoms with E-state index < -0.39 is 0 Å². The van der Waals surface area contributed by atoms with Crippen LogP contribution in [0.1, 0.15) is 50.3 Å². The Labute approximate surface area is 84.7 Å². The second-order valence-electron chi connectivity index (χ2n) is 4.97. The number of hydrogen-bond donors (Lipinski definition) is 1. The van der Waals surface area contributed by atoms with E-state index in [0.29, 0.717) is 0 Å². The van der Waals surface area contributed by atoms with Crippen molar-refractivity contribution in [2.75, 3.05) is 0 Å². The predicted molar refractivity (Wildman–Crippen MR) is 54.9 cm³/mol. The Morgan fingerprint density at radius 1 is 1.57 bits per heavy atom. The van der Waals surface area contributed by atoms with Crippen LogP contribution in [0.2, 0.25) is 0 Å². The van der Waals surface area contributed by atoms with Gasteiger partial charge in [0.1, 0.15) is 5.76 Å². The summed E-state index contributed by atoms with van der Waals surface area (Å²) >= 11 is 0. The Hall–Kier alpha value is -0.830. The molecule has 0 aliphatic heterocycles. The van der Waals surface area contributed by atoms with Gasteiger partial charge in [0.05, 0.1) is 5.69 Å². The number of hydrogen-bond acceptors (Lipinski definition) is 3. The number of aryl methyl sites for hydroxylation is 1. The summed E-state index contributed by atoms with van der Waals surface area (Å²) in [5, 5.41) is 4.08. The highest BCUT2D eigenvalue weighted by molar-refractivity contribution is 5.30. The maximum absolute atomic E-state index is 6.14. The minimum absolute atomic E-state index is 0.106. The van der Waals surface area contributed by atoms with E-state index in [0.717, 1.165) is 30.7 Å². The van der Waals surface area contributed by atoms with Crippen molar-refractivity contribution in [3.05, 3.63) is 17.0 Å². The molecule has 1 aliphatic rings. The van der Waals surface area contributed by atoms with Gasteiger partial charge in [-0.3, -0.25) is 0 Å². The Morgan fingerprint density at radius 3 is 2.93 bits per heavy atom. The number of nitrogens with two attached hydrogens (primary N) is 1. The summed E-state index contributed by atoms with van der Waals surface area (Å²) in [4.78, 5) is 0. The standard InChI is InChI=1S/C11H18N2O/c1-4-8-10-7(12)5-11(2,3)6-9(10)14-13-8/h7H,4-6,12H2,1-3H3. The molecule has 1 unspecified atom stereocenters. The van der Waals surface area contributed by atoms with Gasteiger partial charge >= 0.3 is 0 Å². The first-order chi connectivity index (χ1) is 6.53. The molecule has 0 fully saturated rings. The number of aromatic nitrogens is 1. The van der Waals surface area contributed by atoms with Crippen LogP contribution in [-0.4, -0.2) is 5.16 Å². The second-order valence-corrected chi connectivity index (χ2v) is 4.97. The monoisotopic (exact) mass is 194 g/mol. The van der Waals surface area contributed by atoms with E-state index in [-0.39, 0.29) is 11.5 Å². The molecule has 78 valence electrons. The number of rotatable bonds is 1. The first-order valence-electron chi connectivity index (χ1n) is 5.26. The molecule has 14 heavy (non-hydrogen) atoms. The quantitative estimate of drug-likeness (QED) is 0.745. The highest BCUT2D eigenvalue weighted by Crippen LogP contribution is 2.40. The normalized spacial score (nSPS) is 24.7. The molecule has 2 rings (SSSR count). The SMILES string of the molecule is CCc1noc2c1C(N)CC(C)(C)C2. The fraction of sp³-hybridized carbons (Fsp3) is 0.727. The smallest absolute Gasteiger partial charge is 0.142 e. The summed E-state index contributed by atoms with van der Waals surface area (Å²) in [6, 6.07) is 0.106. The lowest BCUT2D eigenvalue weighted by atomic mass is 9.74. The molecule has 1 heterocycles. The summed E-state index contributed by atoms with van der Waals surface area (Å²) in [7, 11) is 0. The van der Waals surface area contributed by atoms with Crippen molar-refractivity contribution in [1.29, 1.82) is 0 Å². The van der Waals surface area contributed by atoms with E-state index in [1.807, 2.05) is 0 Å². The Balaban J connectivity index is 2.42. The molecule has 1 aromatic heterocycles. The zero-order valence-corrected chi connectivity index (χ0v) is 9.13. The van der Waals surface area contributed by atoms with Crippen molar-refractivity contribution >= 4 is 0 Å². The average Bonchev–Trinajstić information content (AvgIpc) is 2.44. The van der Waals surface area contributed by atoms with Crippen LogP contribution < -0.4 is 5.73 Å². The third-order valence-electron chi connectivity index (χ3n) is 2.99. The molecule has 0 bridgehead atoms. The van der Waals surface area contributed by atoms with E-state index in [9.17, 15) is 0 Å². The molecule has 0 aromatic carbocycles. The topological polar surface area (TPSA) is 52.0 Å². The lowest BCUT2D eigenvalue weighted by Crippen LogP contribution is -2.29. The first-order valence-corrected chi connectivity index (χ1v) is 5.26. The summed E-state index contributed by atoms with van der Waals surface area (Å²) in [5.74, 6) is 1.01. The van der Waals surface area contributed by atoms with Crippen LogP contribution in [0.3, 0.4) is 0 Å². The molecule has 0 saturated heterocycles. The lowest BCUT2D eigenvalue weighted by molar-refractivity contribution is 0.242. The fourth-order valence-electron chi connectivity index (χ4n) is 2.38. The molecular formula is C11H18N2O. The van der Waals surface area contributed by atoms with Gasteiger partial charge in [0, 0.05) is 18.0 Å². The van der Waals surface area contributed by atoms with E-state index >= 15 is 0 Å². The largest absolute Gasteiger partial charge is 0.361 e. The highest BCUT2D eigenvalue weighted by atomic mass is 16.5. The van der Waals surface area contributed by atoms with Crippen molar-refractivity contribution in [2.45, 2.75) is 46.1 Å². The van der Waals surface area contributed by atoms with Gasteiger partial charge in [-0.25, -0.2) is 0 Å². The van der Waals surface area contributed by atoms with Crippen LogP contribution in [0.25, 0.3) is 0 Å². The van der Waals surface area contributed by atoms with E-state index in [2.05, 4.69) is 25.9 Å². The maximum atomic E-state index is 6.14. The van der Waals surface area contributed by atoms with Gasteiger partial charge in [-0.1, -0.05) is 25.9 Å². The predicted octanol–water partition coefficient (Wildman–Crippen LogP) is 2.21. The van der Waals surface area contributed by atoms with Crippen molar-refractivity contribution in [1.82, 2.24) is 5.16 Å². The van der Waals surface area contributed by atoms with E-state index in [1.54, 1.807) is 0 Å². The van der Waals surface area contributed by atoms with Crippen molar-refractivity contribution in [3.63, 3.8) is 0 Å².